The van der Waals surface area contributed by atoms with Crippen molar-refractivity contribution in [1.29, 1.82) is 0 Å². The maximum absolute atomic E-state index is 11.0. The number of hydrogen-bond acceptors (Lipinski definition) is 4. The first kappa shape index (κ1) is 14.7. The molecule has 4 nitrogen and oxygen atoms in total. The summed E-state index contributed by atoms with van der Waals surface area (Å²) in [4.78, 5) is 15.5. The lowest BCUT2D eigenvalue weighted by Gasteiger charge is -2.09. The highest BCUT2D eigenvalue weighted by molar-refractivity contribution is 7.99. The summed E-state index contributed by atoms with van der Waals surface area (Å²) in [6.45, 7) is -0.172. The van der Waals surface area contributed by atoms with Gasteiger partial charge in [0.25, 0.3) is 0 Å². The second kappa shape index (κ2) is 6.66. The van der Waals surface area contributed by atoms with Gasteiger partial charge < -0.3 is 14.5 Å². The van der Waals surface area contributed by atoms with Crippen LogP contribution in [0.2, 0.25) is 0 Å². The van der Waals surface area contributed by atoms with Crippen LogP contribution >= 0.6 is 11.8 Å². The molecule has 1 heterocycles. The topological polar surface area (TPSA) is 57.9 Å². The maximum Gasteiger partial charge on any atom is 0.169 e. The highest BCUT2D eigenvalue weighted by Gasteiger charge is 2.10. The van der Waals surface area contributed by atoms with Gasteiger partial charge in [-0.05, 0) is 24.1 Å². The first-order valence-corrected chi connectivity index (χ1v) is 8.04. The van der Waals surface area contributed by atoms with Crippen molar-refractivity contribution >= 4 is 28.8 Å². The zero-order chi connectivity index (χ0) is 15.4. The number of thioether (sulfide) groups is 1. The van der Waals surface area contributed by atoms with Crippen LogP contribution in [0.25, 0.3) is 11.0 Å². The molecule has 0 saturated carbocycles. The van der Waals surface area contributed by atoms with E-state index in [0.717, 1.165) is 28.4 Å². The third kappa shape index (κ3) is 3.31. The number of para-hydroxylation sites is 2. The maximum atomic E-state index is 11.0. The molecule has 3 rings (SSSR count). The molecule has 5 heteroatoms. The molecule has 0 unspecified atom stereocenters. The van der Waals surface area contributed by atoms with E-state index in [1.54, 1.807) is 16.3 Å². The van der Waals surface area contributed by atoms with E-state index in [1.807, 2.05) is 42.5 Å². The number of imidazole rings is 1. The highest BCUT2D eigenvalue weighted by Crippen LogP contribution is 2.24. The molecule has 1 aromatic heterocycles. The molecule has 22 heavy (non-hydrogen) atoms. The van der Waals surface area contributed by atoms with Gasteiger partial charge in [0, 0.05) is 5.75 Å². The van der Waals surface area contributed by atoms with Gasteiger partial charge >= 0.3 is 0 Å². The van der Waals surface area contributed by atoms with Crippen molar-refractivity contribution in [3.8, 4) is 0 Å². The van der Waals surface area contributed by atoms with Crippen LogP contribution < -0.4 is 5.11 Å². The van der Waals surface area contributed by atoms with Crippen LogP contribution in [0.15, 0.2) is 59.8 Å². The summed E-state index contributed by atoms with van der Waals surface area (Å²) in [5.41, 5.74) is 2.90. The molecule has 0 N–H and O–H groups in total. The van der Waals surface area contributed by atoms with Crippen LogP contribution in [0.3, 0.4) is 0 Å². The quantitative estimate of drug-likeness (QED) is 0.654. The molecule has 0 bridgehead atoms. The second-order valence-corrected chi connectivity index (χ2v) is 5.99. The molecular formula is C17H15N2O2S-. The minimum Gasteiger partial charge on any atom is -0.548 e. The molecule has 0 atom stereocenters. The van der Waals surface area contributed by atoms with Gasteiger partial charge in [0.05, 0.1) is 23.5 Å². The third-order valence-corrected chi connectivity index (χ3v) is 4.35. The number of carbonyl (C=O) groups is 1. The van der Waals surface area contributed by atoms with E-state index in [2.05, 4.69) is 17.1 Å². The highest BCUT2D eigenvalue weighted by atomic mass is 32.2. The average Bonchev–Trinajstić information content (AvgIpc) is 2.86. The van der Waals surface area contributed by atoms with E-state index in [9.17, 15) is 9.90 Å². The van der Waals surface area contributed by atoms with Crippen LogP contribution in [0.1, 0.15) is 5.56 Å². The van der Waals surface area contributed by atoms with Crippen molar-refractivity contribution in [2.24, 2.45) is 0 Å². The molecule has 0 spiro atoms. The second-order valence-electron chi connectivity index (χ2n) is 4.93. The Morgan fingerprint density at radius 2 is 1.82 bits per heavy atom. The largest absolute Gasteiger partial charge is 0.548 e. The van der Waals surface area contributed by atoms with Gasteiger partial charge in [-0.25, -0.2) is 4.98 Å². The Labute approximate surface area is 132 Å². The molecule has 0 aliphatic rings. The van der Waals surface area contributed by atoms with Crippen molar-refractivity contribution in [3.05, 3.63) is 60.2 Å². The first-order valence-electron chi connectivity index (χ1n) is 7.06. The number of aliphatic carboxylic acids is 1. The van der Waals surface area contributed by atoms with Gasteiger partial charge in [-0.2, -0.15) is 0 Å². The number of fused-ring (bicyclic) bond motifs is 1. The molecule has 0 saturated heterocycles. The smallest absolute Gasteiger partial charge is 0.169 e. The molecule has 2 aromatic carbocycles. The molecule has 0 radical (unpaired) electrons. The van der Waals surface area contributed by atoms with E-state index in [1.165, 1.54) is 5.56 Å². The number of hydrogen-bond donors (Lipinski definition) is 0. The normalized spacial score (nSPS) is 10.9. The SMILES string of the molecule is O=C([O-])Cn1c(SCCc2ccccc2)nc2ccccc21. The Morgan fingerprint density at radius 1 is 1.09 bits per heavy atom. The standard InChI is InChI=1S/C17H16N2O2S/c20-16(21)12-19-15-9-5-4-8-14(15)18-17(19)22-11-10-13-6-2-1-3-7-13/h1-9H,10-12H2,(H,20,21)/p-1. The zero-order valence-electron chi connectivity index (χ0n) is 11.9. The summed E-state index contributed by atoms with van der Waals surface area (Å²) >= 11 is 1.57. The Hall–Kier alpha value is -2.27. The van der Waals surface area contributed by atoms with Crippen molar-refractivity contribution in [2.45, 2.75) is 18.1 Å². The van der Waals surface area contributed by atoms with Crippen molar-refractivity contribution in [3.63, 3.8) is 0 Å². The van der Waals surface area contributed by atoms with Crippen LogP contribution in [0, 0.1) is 0 Å². The third-order valence-electron chi connectivity index (χ3n) is 3.37. The number of nitrogens with zero attached hydrogens (tertiary/aromatic N) is 2. The number of benzene rings is 2. The molecule has 112 valence electrons. The lowest BCUT2D eigenvalue weighted by Crippen LogP contribution is -2.27. The van der Waals surface area contributed by atoms with Gasteiger partial charge in [-0.1, -0.05) is 54.2 Å². The molecule has 3 aromatic rings. The summed E-state index contributed by atoms with van der Waals surface area (Å²) in [6, 6.07) is 17.8. The van der Waals surface area contributed by atoms with Gasteiger partial charge in [0.2, 0.25) is 0 Å². The summed E-state index contributed by atoms with van der Waals surface area (Å²) in [6.07, 6.45) is 0.917. The van der Waals surface area contributed by atoms with Gasteiger partial charge in [-0.3, -0.25) is 0 Å². The minimum atomic E-state index is -1.10. The Kier molecular flexibility index (Phi) is 4.44. The fourth-order valence-electron chi connectivity index (χ4n) is 2.35. The Bertz CT molecular complexity index is 784. The van der Waals surface area contributed by atoms with Crippen LogP contribution in [0.4, 0.5) is 0 Å². The van der Waals surface area contributed by atoms with E-state index in [-0.39, 0.29) is 6.54 Å². The fraction of sp³-hybridized carbons (Fsp3) is 0.176. The summed E-state index contributed by atoms with van der Waals surface area (Å²) < 4.78 is 1.71. The molecule has 0 aliphatic heterocycles. The Balaban J connectivity index is 1.78. The fourth-order valence-corrected chi connectivity index (χ4v) is 3.35. The predicted molar refractivity (Wildman–Crippen MR) is 85.6 cm³/mol. The van der Waals surface area contributed by atoms with E-state index in [0.29, 0.717) is 0 Å². The number of carbonyl (C=O) groups excluding carboxylic acids is 1. The first-order chi connectivity index (χ1) is 10.7. The number of rotatable bonds is 6. The van der Waals surface area contributed by atoms with Crippen LogP contribution in [-0.2, 0) is 17.8 Å². The number of carboxylic acids is 1. The van der Waals surface area contributed by atoms with Gasteiger partial charge in [-0.15, -0.1) is 0 Å². The summed E-state index contributed by atoms with van der Waals surface area (Å²) in [5.74, 6) is -0.256. The molecule has 0 aliphatic carbocycles. The van der Waals surface area contributed by atoms with Crippen molar-refractivity contribution < 1.29 is 9.90 Å². The number of aromatic nitrogens is 2. The van der Waals surface area contributed by atoms with E-state index < -0.39 is 5.97 Å². The summed E-state index contributed by atoms with van der Waals surface area (Å²) in [5, 5.41) is 11.7. The number of aryl methyl sites for hydroxylation is 1. The molecule has 0 amide bonds. The monoisotopic (exact) mass is 311 g/mol. The lowest BCUT2D eigenvalue weighted by molar-refractivity contribution is -0.306. The molecule has 0 fully saturated rings. The van der Waals surface area contributed by atoms with Gasteiger partial charge in [0.1, 0.15) is 0 Å². The van der Waals surface area contributed by atoms with Crippen LogP contribution in [-0.4, -0.2) is 21.3 Å². The summed E-state index contributed by atoms with van der Waals surface area (Å²) in [7, 11) is 0. The van der Waals surface area contributed by atoms with Crippen molar-refractivity contribution in [2.75, 3.05) is 5.75 Å². The van der Waals surface area contributed by atoms with Crippen LogP contribution in [0.5, 0.6) is 0 Å². The zero-order valence-corrected chi connectivity index (χ0v) is 12.8. The lowest BCUT2D eigenvalue weighted by atomic mass is 10.2. The van der Waals surface area contributed by atoms with E-state index in [4.69, 9.17) is 0 Å². The minimum absolute atomic E-state index is 0.172. The predicted octanol–water partition coefficient (Wildman–Crippen LogP) is 2.12. The van der Waals surface area contributed by atoms with E-state index >= 15 is 0 Å². The van der Waals surface area contributed by atoms with Crippen molar-refractivity contribution in [1.82, 2.24) is 9.55 Å². The van der Waals surface area contributed by atoms with Gasteiger partial charge in [0.15, 0.2) is 5.16 Å². The number of carboxylic acid groups (broad SMARTS) is 1. The Morgan fingerprint density at radius 3 is 2.59 bits per heavy atom. The molecular weight excluding hydrogens is 296 g/mol. The average molecular weight is 311 g/mol.